The number of hydrogen-bond acceptors (Lipinski definition) is 2. The molecular formula is C12H24N2. The van der Waals surface area contributed by atoms with Crippen LogP contribution in [0.1, 0.15) is 32.1 Å². The maximum atomic E-state index is 2.54. The van der Waals surface area contributed by atoms with Gasteiger partial charge in [-0.05, 0) is 71.2 Å². The van der Waals surface area contributed by atoms with Crippen LogP contribution in [0.3, 0.4) is 0 Å². The molecule has 2 nitrogen and oxygen atoms in total. The zero-order valence-electron chi connectivity index (χ0n) is 9.76. The predicted octanol–water partition coefficient (Wildman–Crippen LogP) is 1.81. The van der Waals surface area contributed by atoms with Gasteiger partial charge in [0.25, 0.3) is 0 Å². The molecule has 0 amide bonds. The Bertz CT molecular complexity index is 193. The maximum absolute atomic E-state index is 2.54. The lowest BCUT2D eigenvalue weighted by Gasteiger charge is -2.41. The van der Waals surface area contributed by atoms with Crippen molar-refractivity contribution < 1.29 is 0 Å². The van der Waals surface area contributed by atoms with E-state index < -0.39 is 0 Å². The van der Waals surface area contributed by atoms with Crippen LogP contribution in [0.2, 0.25) is 0 Å². The Balaban J connectivity index is 1.99. The molecule has 0 aliphatic carbocycles. The molecule has 0 radical (unpaired) electrons. The Hall–Kier alpha value is -0.0800. The third-order valence-corrected chi connectivity index (χ3v) is 4.12. The molecule has 2 rings (SSSR count). The fraction of sp³-hybridized carbons (Fsp3) is 1.00. The summed E-state index contributed by atoms with van der Waals surface area (Å²) in [5.41, 5.74) is 0.678. The molecule has 0 aromatic heterocycles. The largest absolute Gasteiger partial charge is 0.306 e. The smallest absolute Gasteiger partial charge is 0.00354 e. The molecule has 2 heteroatoms. The van der Waals surface area contributed by atoms with Gasteiger partial charge in [0.15, 0.2) is 0 Å². The zero-order chi connectivity index (χ0) is 10.0. The van der Waals surface area contributed by atoms with Crippen LogP contribution in [-0.4, -0.2) is 50.1 Å². The fourth-order valence-corrected chi connectivity index (χ4v) is 3.25. The number of rotatable bonds is 0. The first-order chi connectivity index (χ1) is 6.70. The molecule has 2 aliphatic heterocycles. The SMILES string of the molecule is CN1CCCC2(CCCN(C)C2)CC1. The highest BCUT2D eigenvalue weighted by atomic mass is 15.1. The van der Waals surface area contributed by atoms with E-state index in [1.807, 2.05) is 0 Å². The van der Waals surface area contributed by atoms with Gasteiger partial charge in [-0.15, -0.1) is 0 Å². The Kier molecular flexibility index (Phi) is 3.13. The molecule has 2 fully saturated rings. The summed E-state index contributed by atoms with van der Waals surface area (Å²) in [6.45, 7) is 5.29. The summed E-state index contributed by atoms with van der Waals surface area (Å²) in [6, 6.07) is 0. The lowest BCUT2D eigenvalue weighted by atomic mass is 9.74. The van der Waals surface area contributed by atoms with Crippen molar-refractivity contribution >= 4 is 0 Å². The van der Waals surface area contributed by atoms with Crippen LogP contribution in [0, 0.1) is 5.41 Å². The second-order valence-electron chi connectivity index (χ2n) is 5.50. The lowest BCUT2D eigenvalue weighted by molar-refractivity contribution is 0.0925. The van der Waals surface area contributed by atoms with Crippen LogP contribution in [0.5, 0.6) is 0 Å². The van der Waals surface area contributed by atoms with Crippen LogP contribution in [0.4, 0.5) is 0 Å². The third-order valence-electron chi connectivity index (χ3n) is 4.12. The summed E-state index contributed by atoms with van der Waals surface area (Å²) in [5, 5.41) is 0. The van der Waals surface area contributed by atoms with Crippen molar-refractivity contribution in [3.63, 3.8) is 0 Å². The van der Waals surface area contributed by atoms with Gasteiger partial charge in [0.1, 0.15) is 0 Å². The van der Waals surface area contributed by atoms with Gasteiger partial charge in [-0.2, -0.15) is 0 Å². The van der Waals surface area contributed by atoms with E-state index in [4.69, 9.17) is 0 Å². The zero-order valence-corrected chi connectivity index (χ0v) is 9.76. The van der Waals surface area contributed by atoms with Gasteiger partial charge in [-0.25, -0.2) is 0 Å². The highest BCUT2D eigenvalue weighted by Gasteiger charge is 2.34. The summed E-state index contributed by atoms with van der Waals surface area (Å²) in [4.78, 5) is 5.04. The van der Waals surface area contributed by atoms with Crippen molar-refractivity contribution in [3.8, 4) is 0 Å². The fourth-order valence-electron chi connectivity index (χ4n) is 3.25. The Morgan fingerprint density at radius 3 is 2.07 bits per heavy atom. The van der Waals surface area contributed by atoms with Crippen LogP contribution in [-0.2, 0) is 0 Å². The summed E-state index contributed by atoms with van der Waals surface area (Å²) < 4.78 is 0. The van der Waals surface area contributed by atoms with E-state index in [0.29, 0.717) is 5.41 Å². The van der Waals surface area contributed by atoms with Gasteiger partial charge >= 0.3 is 0 Å². The van der Waals surface area contributed by atoms with Gasteiger partial charge < -0.3 is 9.80 Å². The van der Waals surface area contributed by atoms with E-state index in [2.05, 4.69) is 23.9 Å². The van der Waals surface area contributed by atoms with Crippen LogP contribution in [0.25, 0.3) is 0 Å². The first kappa shape index (κ1) is 10.4. The van der Waals surface area contributed by atoms with Crippen molar-refractivity contribution in [2.75, 3.05) is 40.3 Å². The molecular weight excluding hydrogens is 172 g/mol. The van der Waals surface area contributed by atoms with Gasteiger partial charge in [-0.1, -0.05) is 0 Å². The summed E-state index contributed by atoms with van der Waals surface area (Å²) >= 11 is 0. The minimum Gasteiger partial charge on any atom is -0.306 e. The number of likely N-dealkylation sites (tertiary alicyclic amines) is 2. The normalized spacial score (nSPS) is 37.3. The monoisotopic (exact) mass is 196 g/mol. The van der Waals surface area contributed by atoms with Gasteiger partial charge in [-0.3, -0.25) is 0 Å². The first-order valence-electron chi connectivity index (χ1n) is 6.07. The average molecular weight is 196 g/mol. The molecule has 0 aromatic rings. The van der Waals surface area contributed by atoms with Crippen molar-refractivity contribution in [1.82, 2.24) is 9.80 Å². The number of piperidine rings is 1. The Labute approximate surface area is 88.3 Å². The van der Waals surface area contributed by atoms with E-state index >= 15 is 0 Å². The molecule has 82 valence electrons. The minimum atomic E-state index is 0.678. The van der Waals surface area contributed by atoms with Crippen LogP contribution < -0.4 is 0 Å². The molecule has 2 saturated heterocycles. The van der Waals surface area contributed by atoms with Crippen molar-refractivity contribution in [2.45, 2.75) is 32.1 Å². The van der Waals surface area contributed by atoms with E-state index in [1.54, 1.807) is 0 Å². The molecule has 14 heavy (non-hydrogen) atoms. The second kappa shape index (κ2) is 4.19. The maximum Gasteiger partial charge on any atom is 0.00354 e. The highest BCUT2D eigenvalue weighted by Crippen LogP contribution is 2.39. The van der Waals surface area contributed by atoms with Crippen molar-refractivity contribution in [1.29, 1.82) is 0 Å². The second-order valence-corrected chi connectivity index (χ2v) is 5.50. The van der Waals surface area contributed by atoms with Gasteiger partial charge in [0.05, 0.1) is 0 Å². The van der Waals surface area contributed by atoms with Gasteiger partial charge in [0.2, 0.25) is 0 Å². The third kappa shape index (κ3) is 2.29. The Morgan fingerprint density at radius 1 is 0.786 bits per heavy atom. The summed E-state index contributed by atoms with van der Waals surface area (Å²) in [7, 11) is 4.56. The van der Waals surface area contributed by atoms with Crippen molar-refractivity contribution in [3.05, 3.63) is 0 Å². The molecule has 0 N–H and O–H groups in total. The van der Waals surface area contributed by atoms with E-state index in [1.165, 1.54) is 58.3 Å². The van der Waals surface area contributed by atoms with Crippen LogP contribution in [0.15, 0.2) is 0 Å². The topological polar surface area (TPSA) is 6.48 Å². The molecule has 0 bridgehead atoms. The molecule has 1 unspecified atom stereocenters. The van der Waals surface area contributed by atoms with Crippen LogP contribution >= 0.6 is 0 Å². The molecule has 0 aromatic carbocycles. The number of hydrogen-bond donors (Lipinski definition) is 0. The Morgan fingerprint density at radius 2 is 1.43 bits per heavy atom. The highest BCUT2D eigenvalue weighted by molar-refractivity contribution is 4.88. The standard InChI is InChI=1S/C12H24N2/c1-13-8-3-5-12(7-10-13)6-4-9-14(2)11-12/h3-11H2,1-2H3. The average Bonchev–Trinajstić information content (AvgIpc) is 2.30. The number of nitrogens with zero attached hydrogens (tertiary/aromatic N) is 2. The van der Waals surface area contributed by atoms with E-state index in [-0.39, 0.29) is 0 Å². The molecule has 2 heterocycles. The van der Waals surface area contributed by atoms with Gasteiger partial charge in [0, 0.05) is 6.54 Å². The molecule has 2 aliphatic rings. The lowest BCUT2D eigenvalue weighted by Crippen LogP contribution is -2.41. The molecule has 1 atom stereocenters. The molecule has 0 saturated carbocycles. The summed E-state index contributed by atoms with van der Waals surface area (Å²) in [6.07, 6.45) is 7.19. The van der Waals surface area contributed by atoms with E-state index in [9.17, 15) is 0 Å². The minimum absolute atomic E-state index is 0.678. The van der Waals surface area contributed by atoms with Crippen molar-refractivity contribution in [2.24, 2.45) is 5.41 Å². The molecule has 1 spiro atoms. The predicted molar refractivity (Wildman–Crippen MR) is 60.5 cm³/mol. The van der Waals surface area contributed by atoms with E-state index in [0.717, 1.165) is 0 Å². The first-order valence-corrected chi connectivity index (χ1v) is 6.07. The quantitative estimate of drug-likeness (QED) is 0.583. The summed E-state index contributed by atoms with van der Waals surface area (Å²) in [5.74, 6) is 0.